The number of hydrogen-bond acceptors (Lipinski definition) is 1. The molecule has 62 valence electrons. The van der Waals surface area contributed by atoms with Crippen molar-refractivity contribution >= 4 is 11.3 Å². The van der Waals surface area contributed by atoms with Crippen molar-refractivity contribution in [2.75, 3.05) is 0 Å². The quantitative estimate of drug-likeness (QED) is 0.664. The maximum absolute atomic E-state index is 2.18. The van der Waals surface area contributed by atoms with Gasteiger partial charge in [0.2, 0.25) is 0 Å². The van der Waals surface area contributed by atoms with E-state index in [-0.39, 0.29) is 0 Å². The number of thiophene rings is 1. The molecule has 0 bridgehead atoms. The second-order valence-electron chi connectivity index (χ2n) is 2.87. The molecule has 2 heteroatoms. The van der Waals surface area contributed by atoms with Crippen LogP contribution in [0.2, 0.25) is 0 Å². The van der Waals surface area contributed by atoms with Crippen LogP contribution in [-0.4, -0.2) is 4.57 Å². The highest BCUT2D eigenvalue weighted by atomic mass is 32.1. The summed E-state index contributed by atoms with van der Waals surface area (Å²) in [5.74, 6) is 0. The van der Waals surface area contributed by atoms with Gasteiger partial charge in [-0.1, -0.05) is 6.07 Å². The number of aromatic nitrogens is 1. The topological polar surface area (TPSA) is 4.93 Å². The number of aryl methyl sites for hydroxylation is 1. The van der Waals surface area contributed by atoms with E-state index in [1.165, 1.54) is 10.6 Å². The van der Waals surface area contributed by atoms with Crippen molar-refractivity contribution in [3.05, 3.63) is 46.4 Å². The molecule has 0 N–H and O–H groups in total. The molecule has 0 spiro atoms. The molecule has 0 amide bonds. The third-order valence-electron chi connectivity index (χ3n) is 1.99. The first-order valence-electron chi connectivity index (χ1n) is 3.99. The molecule has 0 aromatic carbocycles. The predicted molar refractivity (Wildman–Crippen MR) is 52.5 cm³/mol. The van der Waals surface area contributed by atoms with E-state index in [2.05, 4.69) is 47.5 Å². The highest BCUT2D eigenvalue weighted by Gasteiger charge is 1.98. The predicted octanol–water partition coefficient (Wildman–Crippen LogP) is 2.68. The lowest BCUT2D eigenvalue weighted by Gasteiger charge is -1.99. The summed E-state index contributed by atoms with van der Waals surface area (Å²) < 4.78 is 2.17. The third kappa shape index (κ3) is 1.43. The van der Waals surface area contributed by atoms with Gasteiger partial charge in [0.1, 0.15) is 0 Å². The number of rotatable bonds is 2. The molecule has 0 radical (unpaired) electrons. The van der Waals surface area contributed by atoms with E-state index >= 15 is 0 Å². The molecule has 0 saturated carbocycles. The average Bonchev–Trinajstić information content (AvgIpc) is 2.65. The Labute approximate surface area is 76.3 Å². The first-order valence-corrected chi connectivity index (χ1v) is 4.87. The van der Waals surface area contributed by atoms with Gasteiger partial charge < -0.3 is 4.57 Å². The van der Waals surface area contributed by atoms with Crippen LogP contribution >= 0.6 is 11.3 Å². The molecule has 0 atom stereocenters. The lowest BCUT2D eigenvalue weighted by atomic mass is 10.3. The van der Waals surface area contributed by atoms with Crippen LogP contribution in [0.4, 0.5) is 0 Å². The number of nitrogens with zero attached hydrogens (tertiary/aromatic N) is 1. The SMILES string of the molecule is Cn1cccc1Cc1cccs1. The van der Waals surface area contributed by atoms with Crippen molar-refractivity contribution < 1.29 is 0 Å². The molecule has 2 rings (SSSR count). The van der Waals surface area contributed by atoms with Gasteiger partial charge in [-0.05, 0) is 23.6 Å². The zero-order valence-corrected chi connectivity index (χ0v) is 7.84. The third-order valence-corrected chi connectivity index (χ3v) is 2.86. The van der Waals surface area contributed by atoms with Crippen LogP contribution in [0.25, 0.3) is 0 Å². The summed E-state index contributed by atoms with van der Waals surface area (Å²) in [6, 6.07) is 8.53. The van der Waals surface area contributed by atoms with E-state index in [4.69, 9.17) is 0 Å². The molecule has 0 saturated heterocycles. The van der Waals surface area contributed by atoms with Crippen LogP contribution < -0.4 is 0 Å². The second-order valence-corrected chi connectivity index (χ2v) is 3.90. The molecule has 0 fully saturated rings. The Morgan fingerprint density at radius 3 is 2.83 bits per heavy atom. The van der Waals surface area contributed by atoms with Crippen molar-refractivity contribution in [3.8, 4) is 0 Å². The lowest BCUT2D eigenvalue weighted by Crippen LogP contribution is -1.93. The van der Waals surface area contributed by atoms with E-state index < -0.39 is 0 Å². The first-order chi connectivity index (χ1) is 5.86. The van der Waals surface area contributed by atoms with Gasteiger partial charge in [-0.25, -0.2) is 0 Å². The molecular weight excluding hydrogens is 166 g/mol. The summed E-state index contributed by atoms with van der Waals surface area (Å²) in [7, 11) is 2.09. The Hall–Kier alpha value is -1.02. The van der Waals surface area contributed by atoms with Crippen molar-refractivity contribution in [2.45, 2.75) is 6.42 Å². The van der Waals surface area contributed by atoms with Gasteiger partial charge in [-0.2, -0.15) is 0 Å². The molecular formula is C10H11NS. The van der Waals surface area contributed by atoms with Crippen molar-refractivity contribution in [1.29, 1.82) is 0 Å². The maximum Gasteiger partial charge on any atom is 0.0223 e. The smallest absolute Gasteiger partial charge is 0.0223 e. The monoisotopic (exact) mass is 177 g/mol. The van der Waals surface area contributed by atoms with Crippen molar-refractivity contribution in [1.82, 2.24) is 4.57 Å². The average molecular weight is 177 g/mol. The summed E-state index contributed by atoms with van der Waals surface area (Å²) >= 11 is 1.82. The van der Waals surface area contributed by atoms with Gasteiger partial charge in [0.25, 0.3) is 0 Å². The van der Waals surface area contributed by atoms with Crippen LogP contribution in [0.5, 0.6) is 0 Å². The fourth-order valence-electron chi connectivity index (χ4n) is 1.27. The summed E-state index contributed by atoms with van der Waals surface area (Å²) in [4.78, 5) is 1.43. The van der Waals surface area contributed by atoms with E-state index in [1.807, 2.05) is 11.3 Å². The summed E-state index contributed by atoms with van der Waals surface area (Å²) in [6.07, 6.45) is 3.14. The Morgan fingerprint density at radius 1 is 1.33 bits per heavy atom. The second kappa shape index (κ2) is 3.15. The van der Waals surface area contributed by atoms with Crippen molar-refractivity contribution in [3.63, 3.8) is 0 Å². The van der Waals surface area contributed by atoms with Crippen molar-refractivity contribution in [2.24, 2.45) is 7.05 Å². The molecule has 0 aliphatic heterocycles. The summed E-state index contributed by atoms with van der Waals surface area (Å²) in [5.41, 5.74) is 1.37. The molecule has 12 heavy (non-hydrogen) atoms. The zero-order valence-electron chi connectivity index (χ0n) is 7.03. The Bertz CT molecular complexity index is 346. The standard InChI is InChI=1S/C10H11NS/c1-11-6-2-4-9(11)8-10-5-3-7-12-10/h2-7H,8H2,1H3. The van der Waals surface area contributed by atoms with Crippen LogP contribution in [0.15, 0.2) is 35.8 Å². The van der Waals surface area contributed by atoms with Gasteiger partial charge in [-0.3, -0.25) is 0 Å². The Kier molecular flexibility index (Phi) is 2.00. The molecule has 0 aliphatic rings. The van der Waals surface area contributed by atoms with Crippen LogP contribution in [0, 0.1) is 0 Å². The molecule has 2 heterocycles. The van der Waals surface area contributed by atoms with Crippen LogP contribution in [-0.2, 0) is 13.5 Å². The minimum absolute atomic E-state index is 1.06. The zero-order chi connectivity index (χ0) is 8.39. The van der Waals surface area contributed by atoms with E-state index in [9.17, 15) is 0 Å². The fourth-order valence-corrected chi connectivity index (χ4v) is 1.99. The highest BCUT2D eigenvalue weighted by Crippen LogP contribution is 2.14. The molecule has 0 aliphatic carbocycles. The summed E-state index contributed by atoms with van der Waals surface area (Å²) in [5, 5.41) is 2.12. The fraction of sp³-hybridized carbons (Fsp3) is 0.200. The van der Waals surface area contributed by atoms with Gasteiger partial charge in [0.05, 0.1) is 0 Å². The largest absolute Gasteiger partial charge is 0.354 e. The normalized spacial score (nSPS) is 10.4. The molecule has 2 aromatic rings. The first kappa shape index (κ1) is 7.62. The van der Waals surface area contributed by atoms with Gasteiger partial charge in [0, 0.05) is 30.2 Å². The number of hydrogen-bond donors (Lipinski definition) is 0. The van der Waals surface area contributed by atoms with E-state index in [1.54, 1.807) is 0 Å². The Balaban J connectivity index is 2.20. The maximum atomic E-state index is 2.18. The Morgan fingerprint density at radius 2 is 2.25 bits per heavy atom. The van der Waals surface area contributed by atoms with Gasteiger partial charge in [0.15, 0.2) is 0 Å². The molecule has 2 aromatic heterocycles. The molecule has 1 nitrogen and oxygen atoms in total. The minimum Gasteiger partial charge on any atom is -0.354 e. The molecule has 0 unspecified atom stereocenters. The van der Waals surface area contributed by atoms with Crippen LogP contribution in [0.1, 0.15) is 10.6 Å². The van der Waals surface area contributed by atoms with E-state index in [0.29, 0.717) is 0 Å². The van der Waals surface area contributed by atoms with Gasteiger partial charge >= 0.3 is 0 Å². The van der Waals surface area contributed by atoms with Gasteiger partial charge in [-0.15, -0.1) is 11.3 Å². The van der Waals surface area contributed by atoms with Crippen LogP contribution in [0.3, 0.4) is 0 Å². The summed E-state index contributed by atoms with van der Waals surface area (Å²) in [6.45, 7) is 0. The van der Waals surface area contributed by atoms with E-state index in [0.717, 1.165) is 6.42 Å². The minimum atomic E-state index is 1.06. The lowest BCUT2D eigenvalue weighted by molar-refractivity contribution is 0.855. The highest BCUT2D eigenvalue weighted by molar-refractivity contribution is 7.09.